The predicted octanol–water partition coefficient (Wildman–Crippen LogP) is 2.48. The van der Waals surface area contributed by atoms with E-state index in [-0.39, 0.29) is 17.8 Å². The Labute approximate surface area is 206 Å². The summed E-state index contributed by atoms with van der Waals surface area (Å²) in [4.78, 5) is 9.25. The van der Waals surface area contributed by atoms with Crippen LogP contribution >= 0.6 is 0 Å². The van der Waals surface area contributed by atoms with Gasteiger partial charge >= 0.3 is 0 Å². The van der Waals surface area contributed by atoms with Crippen molar-refractivity contribution in [3.8, 4) is 17.0 Å². The summed E-state index contributed by atoms with van der Waals surface area (Å²) in [6, 6.07) is 3.74. The van der Waals surface area contributed by atoms with Crippen molar-refractivity contribution in [1.82, 2.24) is 18.8 Å². The first-order valence-electron chi connectivity index (χ1n) is 12.6. The van der Waals surface area contributed by atoms with E-state index in [0.29, 0.717) is 45.9 Å². The molecule has 2 fully saturated rings. The van der Waals surface area contributed by atoms with Crippen molar-refractivity contribution in [2.75, 3.05) is 45.3 Å². The lowest BCUT2D eigenvalue weighted by Gasteiger charge is -2.38. The molecule has 10 heteroatoms. The average molecular weight is 500 g/mol. The van der Waals surface area contributed by atoms with Gasteiger partial charge in [0, 0.05) is 80.5 Å². The molecule has 1 atom stereocenters. The number of aromatic nitrogens is 3. The third-order valence-electron chi connectivity index (χ3n) is 7.40. The van der Waals surface area contributed by atoms with E-state index in [1.165, 1.54) is 4.31 Å². The molecule has 6 rings (SSSR count). The fourth-order valence-electron chi connectivity index (χ4n) is 5.32. The topological polar surface area (TPSA) is 95.8 Å². The molecule has 186 valence electrons. The first kappa shape index (κ1) is 21.7. The van der Waals surface area contributed by atoms with Crippen LogP contribution in [0.25, 0.3) is 22.2 Å². The van der Waals surface area contributed by atoms with E-state index in [1.54, 1.807) is 19.2 Å². The van der Waals surface area contributed by atoms with Gasteiger partial charge in [-0.25, -0.2) is 17.7 Å². The molecule has 2 saturated heterocycles. The molecule has 3 aromatic rings. The van der Waals surface area contributed by atoms with E-state index in [4.69, 9.17) is 20.6 Å². The van der Waals surface area contributed by atoms with Crippen molar-refractivity contribution in [1.29, 1.82) is 0 Å². The molecule has 1 spiro atoms. The second-order valence-corrected chi connectivity index (χ2v) is 11.9. The fourth-order valence-corrected chi connectivity index (χ4v) is 6.56. The van der Waals surface area contributed by atoms with Crippen LogP contribution in [0.5, 0.6) is 5.75 Å². The van der Waals surface area contributed by atoms with Crippen LogP contribution in [-0.4, -0.2) is 72.5 Å². The number of sulfonamides is 1. The summed E-state index contributed by atoms with van der Waals surface area (Å²) in [6.45, 7) is 4.72. The summed E-state index contributed by atoms with van der Waals surface area (Å²) in [6.07, 6.45) is 5.34. The largest absolute Gasteiger partial charge is 0.493 e. The predicted molar refractivity (Wildman–Crippen MR) is 131 cm³/mol. The minimum atomic E-state index is -3.16. The number of ether oxygens (including phenoxy) is 3. The van der Waals surface area contributed by atoms with Gasteiger partial charge in [-0.15, -0.1) is 0 Å². The van der Waals surface area contributed by atoms with Gasteiger partial charge in [0.2, 0.25) is 10.0 Å². The Morgan fingerprint density at radius 1 is 1.34 bits per heavy atom. The maximum Gasteiger partial charge on any atom is 0.213 e. The Hall–Kier alpha value is -2.53. The van der Waals surface area contributed by atoms with Gasteiger partial charge in [-0.05, 0) is 13.0 Å². The van der Waals surface area contributed by atoms with Gasteiger partial charge in [-0.3, -0.25) is 4.98 Å². The summed E-state index contributed by atoms with van der Waals surface area (Å²) in [7, 11) is -1.20. The molecular formula is C25H30N4O5S. The first-order chi connectivity index (χ1) is 17.3. The van der Waals surface area contributed by atoms with Crippen LogP contribution in [0.1, 0.15) is 26.0 Å². The van der Waals surface area contributed by atoms with Crippen molar-refractivity contribution in [3.63, 3.8) is 0 Å². The molecule has 0 bridgehead atoms. The molecule has 9 nitrogen and oxygen atoms in total. The van der Waals surface area contributed by atoms with Crippen molar-refractivity contribution < 1.29 is 24.0 Å². The van der Waals surface area contributed by atoms with Crippen molar-refractivity contribution in [3.05, 3.63) is 42.0 Å². The highest BCUT2D eigenvalue weighted by Crippen LogP contribution is 2.44. The Balaban J connectivity index is 1.38. The van der Waals surface area contributed by atoms with E-state index in [1.807, 2.05) is 23.9 Å². The highest BCUT2D eigenvalue weighted by atomic mass is 32.2. The molecular weight excluding hydrogens is 468 g/mol. The Kier molecular flexibility index (Phi) is 5.31. The van der Waals surface area contributed by atoms with E-state index >= 15 is 0 Å². The number of nitrogens with zero attached hydrogens (tertiary/aromatic N) is 4. The van der Waals surface area contributed by atoms with Gasteiger partial charge in [0.15, 0.2) is 0 Å². The number of aryl methyl sites for hydroxylation is 1. The quantitative estimate of drug-likeness (QED) is 0.514. The standard InChI is InChI=1S/C25H30N4O5S/c1-3-35(30,31)29-12-17(13-29)15-33-23-10-21(20-14-28(2)22-11-26-7-4-18(20)22)27-24-19(23)5-8-34-25(24)6-9-32-16-25/h4,7,10-11,14,17H,3,5-6,8-9,12-13,15-16H2,1-2H3/i7D. The first-order valence-corrected chi connectivity index (χ1v) is 13.7. The van der Waals surface area contributed by atoms with Crippen LogP contribution in [0.3, 0.4) is 0 Å². The van der Waals surface area contributed by atoms with Crippen LogP contribution in [0, 0.1) is 5.92 Å². The van der Waals surface area contributed by atoms with Gasteiger partial charge in [0.1, 0.15) is 11.4 Å². The number of pyridine rings is 2. The van der Waals surface area contributed by atoms with E-state index in [2.05, 4.69) is 4.98 Å². The molecule has 6 heterocycles. The zero-order chi connectivity index (χ0) is 25.1. The van der Waals surface area contributed by atoms with E-state index < -0.39 is 15.6 Å². The number of rotatable bonds is 6. The smallest absolute Gasteiger partial charge is 0.213 e. The molecule has 0 aromatic carbocycles. The molecule has 0 radical (unpaired) electrons. The van der Waals surface area contributed by atoms with Crippen molar-refractivity contribution >= 4 is 20.9 Å². The molecule has 35 heavy (non-hydrogen) atoms. The molecule has 3 aromatic heterocycles. The molecule has 0 amide bonds. The van der Waals surface area contributed by atoms with E-state index in [0.717, 1.165) is 45.6 Å². The lowest BCUT2D eigenvalue weighted by atomic mass is 9.89. The molecule has 0 N–H and O–H groups in total. The Morgan fingerprint density at radius 3 is 2.97 bits per heavy atom. The summed E-state index contributed by atoms with van der Waals surface area (Å²) in [5.41, 5.74) is 3.89. The van der Waals surface area contributed by atoms with Crippen LogP contribution in [0.15, 0.2) is 30.7 Å². The summed E-state index contributed by atoms with van der Waals surface area (Å²) >= 11 is 0. The third kappa shape index (κ3) is 3.83. The maximum atomic E-state index is 12.1. The lowest BCUT2D eigenvalue weighted by molar-refractivity contribution is -0.0670. The number of hydrogen-bond acceptors (Lipinski definition) is 7. The Bertz CT molecular complexity index is 1430. The number of hydrogen-bond donors (Lipinski definition) is 0. The minimum absolute atomic E-state index is 0.118. The normalized spacial score (nSPS) is 23.4. The van der Waals surface area contributed by atoms with Gasteiger partial charge in [0.05, 0.1) is 50.0 Å². The summed E-state index contributed by atoms with van der Waals surface area (Å²) < 4.78 is 54.2. The molecule has 0 aliphatic carbocycles. The van der Waals surface area contributed by atoms with Gasteiger partial charge in [-0.2, -0.15) is 0 Å². The van der Waals surface area contributed by atoms with Crippen LogP contribution in [0.4, 0.5) is 0 Å². The molecule has 1 unspecified atom stereocenters. The highest BCUT2D eigenvalue weighted by molar-refractivity contribution is 7.89. The van der Waals surface area contributed by atoms with Crippen molar-refractivity contribution in [2.45, 2.75) is 25.4 Å². The summed E-state index contributed by atoms with van der Waals surface area (Å²) in [5, 5.41) is 0.906. The lowest BCUT2D eigenvalue weighted by Crippen LogP contribution is -2.52. The fraction of sp³-hybridized carbons (Fsp3) is 0.520. The van der Waals surface area contributed by atoms with Gasteiger partial charge in [0.25, 0.3) is 0 Å². The zero-order valence-electron chi connectivity index (χ0n) is 21.0. The number of fused-ring (bicyclic) bond motifs is 3. The zero-order valence-corrected chi connectivity index (χ0v) is 20.8. The van der Waals surface area contributed by atoms with Crippen LogP contribution in [-0.2, 0) is 38.6 Å². The summed E-state index contributed by atoms with van der Waals surface area (Å²) in [5.74, 6) is 1.03. The maximum absolute atomic E-state index is 12.1. The van der Waals surface area contributed by atoms with Crippen LogP contribution < -0.4 is 4.74 Å². The minimum Gasteiger partial charge on any atom is -0.493 e. The monoisotopic (exact) mass is 499 g/mol. The molecule has 3 aliphatic heterocycles. The molecule has 3 aliphatic rings. The second kappa shape index (κ2) is 8.55. The SMILES string of the molecule is [2H]c1cc2c(-c3cc(OCC4CN(S(=O)(=O)CC)C4)c4c(n3)C3(CCOC3)OCC4)cn(C)c2cn1. The van der Waals surface area contributed by atoms with Crippen LogP contribution in [0.2, 0.25) is 0 Å². The second-order valence-electron chi connectivity index (χ2n) is 9.61. The molecule has 0 saturated carbocycles. The van der Waals surface area contributed by atoms with E-state index in [9.17, 15) is 8.42 Å². The van der Waals surface area contributed by atoms with Crippen molar-refractivity contribution in [2.24, 2.45) is 13.0 Å². The van der Waals surface area contributed by atoms with Gasteiger partial charge in [-0.1, -0.05) is 0 Å². The highest BCUT2D eigenvalue weighted by Gasteiger charge is 2.45. The third-order valence-corrected chi connectivity index (χ3v) is 9.22. The van der Waals surface area contributed by atoms with Gasteiger partial charge < -0.3 is 18.8 Å². The Morgan fingerprint density at radius 2 is 2.20 bits per heavy atom. The average Bonchev–Trinajstić information content (AvgIpc) is 3.43.